The van der Waals surface area contributed by atoms with Gasteiger partial charge in [-0.15, -0.1) is 0 Å². The van der Waals surface area contributed by atoms with Crippen LogP contribution in [0.2, 0.25) is 0 Å². The first kappa shape index (κ1) is 17.0. The number of nitrogens with zero attached hydrogens (tertiary/aromatic N) is 2. The summed E-state index contributed by atoms with van der Waals surface area (Å²) in [5, 5.41) is 11.9. The van der Waals surface area contributed by atoms with Gasteiger partial charge in [0.2, 0.25) is 0 Å². The summed E-state index contributed by atoms with van der Waals surface area (Å²) in [4.78, 5) is 16.9. The third-order valence-electron chi connectivity index (χ3n) is 6.00. The van der Waals surface area contributed by atoms with Crippen LogP contribution in [0.3, 0.4) is 0 Å². The monoisotopic (exact) mass is 348 g/mol. The molecule has 1 aromatic heterocycles. The van der Waals surface area contributed by atoms with E-state index in [4.69, 9.17) is 10.6 Å². The Balaban J connectivity index is 1.52. The first-order valence-corrected chi connectivity index (χ1v) is 9.13. The summed E-state index contributed by atoms with van der Waals surface area (Å²) in [5.41, 5.74) is 10.6. The van der Waals surface area contributed by atoms with E-state index in [0.29, 0.717) is 5.92 Å². The van der Waals surface area contributed by atoms with Gasteiger partial charge < -0.3 is 10.6 Å². The highest BCUT2D eigenvalue weighted by atomic mass is 32.1. The molecule has 2 unspecified atom stereocenters. The van der Waals surface area contributed by atoms with Crippen LogP contribution < -0.4 is 11.2 Å². The molecule has 0 spiro atoms. The second-order valence-electron chi connectivity index (χ2n) is 7.35. The molecular formula is C17H24N4O2S. The number of oxime groups is 1. The van der Waals surface area contributed by atoms with Crippen LogP contribution in [0.4, 0.5) is 0 Å². The molecule has 2 aliphatic rings. The van der Waals surface area contributed by atoms with Gasteiger partial charge >= 0.3 is 0 Å². The van der Waals surface area contributed by atoms with Crippen molar-refractivity contribution in [3.8, 4) is 0 Å². The summed E-state index contributed by atoms with van der Waals surface area (Å²) < 4.78 is 0. The third kappa shape index (κ3) is 2.81. The molecule has 3 rings (SSSR count). The van der Waals surface area contributed by atoms with E-state index >= 15 is 0 Å². The van der Waals surface area contributed by atoms with Gasteiger partial charge in [0.15, 0.2) is 12.4 Å². The molecule has 6 nitrogen and oxygen atoms in total. The van der Waals surface area contributed by atoms with Gasteiger partial charge in [-0.25, -0.2) is 5.43 Å². The SMILES string of the molecule is CC12CCC(CC1=NNC(=O)CON=C(N)c1ccsc1)C2(C)C. The third-order valence-corrected chi connectivity index (χ3v) is 6.69. The fourth-order valence-electron chi connectivity index (χ4n) is 3.88. The quantitative estimate of drug-likeness (QED) is 0.487. The van der Waals surface area contributed by atoms with Crippen LogP contribution in [0.25, 0.3) is 0 Å². The number of hydrogen-bond acceptors (Lipinski definition) is 5. The van der Waals surface area contributed by atoms with Crippen molar-refractivity contribution < 1.29 is 9.63 Å². The van der Waals surface area contributed by atoms with Crippen LogP contribution in [0, 0.1) is 16.7 Å². The van der Waals surface area contributed by atoms with E-state index in [0.717, 1.165) is 24.1 Å². The maximum Gasteiger partial charge on any atom is 0.280 e. The molecule has 0 saturated heterocycles. The summed E-state index contributed by atoms with van der Waals surface area (Å²) in [6.45, 7) is 6.67. The molecule has 2 saturated carbocycles. The van der Waals surface area contributed by atoms with Crippen molar-refractivity contribution >= 4 is 28.8 Å². The number of hydrogen-bond donors (Lipinski definition) is 2. The number of amides is 1. The summed E-state index contributed by atoms with van der Waals surface area (Å²) in [6.07, 6.45) is 3.35. The van der Waals surface area contributed by atoms with Gasteiger partial charge in [0.05, 0.1) is 0 Å². The highest BCUT2D eigenvalue weighted by molar-refractivity contribution is 7.08. The van der Waals surface area contributed by atoms with E-state index in [1.807, 2.05) is 16.8 Å². The number of carbonyl (C=O) groups excluding carboxylic acids is 1. The van der Waals surface area contributed by atoms with Crippen molar-refractivity contribution in [3.63, 3.8) is 0 Å². The number of nitrogens with one attached hydrogen (secondary N) is 1. The topological polar surface area (TPSA) is 89.1 Å². The van der Waals surface area contributed by atoms with Gasteiger partial charge in [0.25, 0.3) is 5.91 Å². The predicted molar refractivity (Wildman–Crippen MR) is 95.8 cm³/mol. The van der Waals surface area contributed by atoms with Crippen molar-refractivity contribution in [3.05, 3.63) is 22.4 Å². The number of carbonyl (C=O) groups is 1. The van der Waals surface area contributed by atoms with Gasteiger partial charge in [0.1, 0.15) is 0 Å². The van der Waals surface area contributed by atoms with Gasteiger partial charge in [-0.3, -0.25) is 4.79 Å². The molecule has 7 heteroatoms. The molecule has 24 heavy (non-hydrogen) atoms. The Hall–Kier alpha value is -1.89. The van der Waals surface area contributed by atoms with Crippen molar-refractivity contribution in [2.24, 2.45) is 32.7 Å². The lowest BCUT2D eigenvalue weighted by Gasteiger charge is -2.34. The van der Waals surface area contributed by atoms with Crippen molar-refractivity contribution in [2.45, 2.75) is 40.0 Å². The zero-order valence-corrected chi connectivity index (χ0v) is 15.2. The van der Waals surface area contributed by atoms with E-state index in [1.54, 1.807) is 0 Å². The molecule has 2 bridgehead atoms. The molecule has 1 aromatic rings. The Morgan fingerprint density at radius 1 is 1.50 bits per heavy atom. The fraction of sp³-hybridized carbons (Fsp3) is 0.588. The lowest BCUT2D eigenvalue weighted by atomic mass is 9.70. The molecule has 0 radical (unpaired) electrons. The molecule has 2 aliphatic carbocycles. The van der Waals surface area contributed by atoms with E-state index in [1.165, 1.54) is 17.8 Å². The van der Waals surface area contributed by atoms with Crippen LogP contribution in [0.15, 0.2) is 27.1 Å². The minimum atomic E-state index is -0.325. The molecule has 2 atom stereocenters. The van der Waals surface area contributed by atoms with Crippen LogP contribution in [0.5, 0.6) is 0 Å². The number of thiophene rings is 1. The summed E-state index contributed by atoms with van der Waals surface area (Å²) in [7, 11) is 0. The van der Waals surface area contributed by atoms with E-state index in [2.05, 4.69) is 36.5 Å². The van der Waals surface area contributed by atoms with E-state index < -0.39 is 0 Å². The Morgan fingerprint density at radius 3 is 2.88 bits per heavy atom. The zero-order chi connectivity index (χ0) is 17.4. The van der Waals surface area contributed by atoms with E-state index in [9.17, 15) is 4.79 Å². The lowest BCUT2D eigenvalue weighted by molar-refractivity contribution is -0.125. The number of fused-ring (bicyclic) bond motifs is 2. The smallest absolute Gasteiger partial charge is 0.280 e. The largest absolute Gasteiger partial charge is 0.384 e. The number of nitrogens with two attached hydrogens (primary N) is 1. The molecule has 1 amide bonds. The van der Waals surface area contributed by atoms with Gasteiger partial charge in [-0.1, -0.05) is 25.9 Å². The Kier molecular flexibility index (Phi) is 4.38. The van der Waals surface area contributed by atoms with Crippen LogP contribution >= 0.6 is 11.3 Å². The second kappa shape index (κ2) is 6.20. The van der Waals surface area contributed by atoms with Crippen LogP contribution in [0.1, 0.15) is 45.6 Å². The van der Waals surface area contributed by atoms with Crippen LogP contribution in [-0.4, -0.2) is 24.1 Å². The first-order valence-electron chi connectivity index (χ1n) is 8.18. The molecule has 0 aliphatic heterocycles. The van der Waals surface area contributed by atoms with Crippen molar-refractivity contribution in [1.29, 1.82) is 0 Å². The molecule has 0 aromatic carbocycles. The summed E-state index contributed by atoms with van der Waals surface area (Å²) >= 11 is 1.52. The maximum atomic E-state index is 11.9. The minimum absolute atomic E-state index is 0.0767. The molecular weight excluding hydrogens is 324 g/mol. The average Bonchev–Trinajstić information content (AvgIpc) is 3.18. The summed E-state index contributed by atoms with van der Waals surface area (Å²) in [6, 6.07) is 1.84. The van der Waals surface area contributed by atoms with Gasteiger partial charge in [-0.2, -0.15) is 16.4 Å². The van der Waals surface area contributed by atoms with Crippen molar-refractivity contribution in [1.82, 2.24) is 5.43 Å². The van der Waals surface area contributed by atoms with Gasteiger partial charge in [0, 0.05) is 22.1 Å². The average molecular weight is 348 g/mol. The van der Waals surface area contributed by atoms with Gasteiger partial charge in [-0.05, 0) is 42.0 Å². The molecule has 3 N–H and O–H groups in total. The zero-order valence-electron chi connectivity index (χ0n) is 14.3. The van der Waals surface area contributed by atoms with Crippen LogP contribution in [-0.2, 0) is 9.63 Å². The number of hydrazone groups is 1. The predicted octanol–water partition coefficient (Wildman–Crippen LogP) is 2.70. The van der Waals surface area contributed by atoms with Crippen molar-refractivity contribution in [2.75, 3.05) is 6.61 Å². The highest BCUT2D eigenvalue weighted by Gasteiger charge is 2.59. The normalized spacial score (nSPS) is 29.9. The Bertz CT molecular complexity index is 681. The minimum Gasteiger partial charge on any atom is -0.384 e. The Morgan fingerprint density at radius 2 is 2.29 bits per heavy atom. The number of rotatable bonds is 5. The van der Waals surface area contributed by atoms with E-state index in [-0.39, 0.29) is 29.2 Å². The fourth-order valence-corrected chi connectivity index (χ4v) is 4.53. The molecule has 130 valence electrons. The Labute approximate surface area is 146 Å². The molecule has 1 heterocycles. The lowest BCUT2D eigenvalue weighted by Crippen LogP contribution is -2.34. The first-order chi connectivity index (χ1) is 11.3. The second-order valence-corrected chi connectivity index (χ2v) is 8.13. The number of amidine groups is 1. The molecule has 2 fully saturated rings. The highest BCUT2D eigenvalue weighted by Crippen LogP contribution is 2.63. The summed E-state index contributed by atoms with van der Waals surface area (Å²) in [5.74, 6) is 0.593. The standard InChI is InChI=1S/C17H24N4O2S/c1-16(2)12-4-6-17(16,3)13(8-12)19-20-14(22)9-23-21-15(18)11-5-7-24-10-11/h5,7,10,12H,4,6,8-9H2,1-3H3,(H2,18,21)(H,20,22). The maximum absolute atomic E-state index is 11.9.